The van der Waals surface area contributed by atoms with Crippen molar-refractivity contribution in [2.75, 3.05) is 20.6 Å². The molecule has 2 nitrogen and oxygen atoms in total. The summed E-state index contributed by atoms with van der Waals surface area (Å²) in [5.74, 6) is 1.70. The summed E-state index contributed by atoms with van der Waals surface area (Å²) in [4.78, 5) is 2.39. The quantitative estimate of drug-likeness (QED) is 0.748. The Labute approximate surface area is 115 Å². The Hall–Kier alpha value is -0.0800. The minimum Gasteiger partial charge on any atom is -0.312 e. The fourth-order valence-electron chi connectivity index (χ4n) is 3.27. The van der Waals surface area contributed by atoms with Crippen LogP contribution in [0.25, 0.3) is 0 Å². The molecule has 3 atom stereocenters. The van der Waals surface area contributed by atoms with Crippen molar-refractivity contribution in [3.8, 4) is 0 Å². The predicted octanol–water partition coefficient (Wildman–Crippen LogP) is 3.52. The molecule has 0 radical (unpaired) electrons. The lowest BCUT2D eigenvalue weighted by molar-refractivity contribution is 0.205. The molecule has 1 rings (SSSR count). The Morgan fingerprint density at radius 2 is 1.83 bits per heavy atom. The van der Waals surface area contributed by atoms with Gasteiger partial charge in [0.1, 0.15) is 0 Å². The van der Waals surface area contributed by atoms with E-state index in [1.54, 1.807) is 0 Å². The standard InChI is InChI=1S/C16H34N2/c1-6-14-9-7-8-10-16(14)17-12-15(18(4)5)11-13(2)3/h13-17H,6-12H2,1-5H3. The van der Waals surface area contributed by atoms with E-state index in [0.29, 0.717) is 6.04 Å². The zero-order chi connectivity index (χ0) is 13.5. The first kappa shape index (κ1) is 16.0. The molecule has 3 unspecified atom stereocenters. The number of hydrogen-bond donors (Lipinski definition) is 1. The summed E-state index contributed by atoms with van der Waals surface area (Å²) in [5, 5.41) is 3.87. The van der Waals surface area contributed by atoms with Crippen LogP contribution >= 0.6 is 0 Å². The molecule has 0 aromatic rings. The Bertz CT molecular complexity index is 211. The van der Waals surface area contributed by atoms with Gasteiger partial charge >= 0.3 is 0 Å². The molecule has 1 saturated carbocycles. The number of likely N-dealkylation sites (N-methyl/N-ethyl adjacent to an activating group) is 1. The van der Waals surface area contributed by atoms with E-state index < -0.39 is 0 Å². The minimum absolute atomic E-state index is 0.685. The van der Waals surface area contributed by atoms with Gasteiger partial charge in [-0.1, -0.05) is 40.0 Å². The van der Waals surface area contributed by atoms with E-state index in [9.17, 15) is 0 Å². The van der Waals surface area contributed by atoms with Crippen molar-refractivity contribution in [1.29, 1.82) is 0 Å². The Morgan fingerprint density at radius 3 is 2.39 bits per heavy atom. The fourth-order valence-corrected chi connectivity index (χ4v) is 3.27. The van der Waals surface area contributed by atoms with Gasteiger partial charge in [-0.25, -0.2) is 0 Å². The van der Waals surface area contributed by atoms with Crippen molar-refractivity contribution in [3.05, 3.63) is 0 Å². The van der Waals surface area contributed by atoms with E-state index in [4.69, 9.17) is 0 Å². The van der Waals surface area contributed by atoms with E-state index in [-0.39, 0.29) is 0 Å². The molecule has 1 aliphatic carbocycles. The highest BCUT2D eigenvalue weighted by atomic mass is 15.1. The Balaban J connectivity index is 2.39. The average Bonchev–Trinajstić information content (AvgIpc) is 2.34. The zero-order valence-corrected chi connectivity index (χ0v) is 13.2. The highest BCUT2D eigenvalue weighted by molar-refractivity contribution is 4.82. The zero-order valence-electron chi connectivity index (χ0n) is 13.2. The van der Waals surface area contributed by atoms with Gasteiger partial charge in [0.05, 0.1) is 0 Å². The van der Waals surface area contributed by atoms with Crippen molar-refractivity contribution in [1.82, 2.24) is 10.2 Å². The molecule has 0 heterocycles. The molecule has 108 valence electrons. The second-order valence-corrected chi connectivity index (χ2v) is 6.71. The summed E-state index contributed by atoms with van der Waals surface area (Å²) >= 11 is 0. The first-order valence-corrected chi connectivity index (χ1v) is 7.94. The second-order valence-electron chi connectivity index (χ2n) is 6.71. The van der Waals surface area contributed by atoms with Crippen LogP contribution in [-0.2, 0) is 0 Å². The summed E-state index contributed by atoms with van der Waals surface area (Å²) in [6, 6.07) is 1.46. The van der Waals surface area contributed by atoms with Crippen molar-refractivity contribution in [3.63, 3.8) is 0 Å². The molecule has 18 heavy (non-hydrogen) atoms. The molecular weight excluding hydrogens is 220 g/mol. The third-order valence-corrected chi connectivity index (χ3v) is 4.52. The first-order chi connectivity index (χ1) is 8.54. The molecule has 1 fully saturated rings. The third kappa shape index (κ3) is 5.27. The lowest BCUT2D eigenvalue weighted by Crippen LogP contribution is -2.46. The van der Waals surface area contributed by atoms with Crippen LogP contribution in [0.5, 0.6) is 0 Å². The number of hydrogen-bond acceptors (Lipinski definition) is 2. The van der Waals surface area contributed by atoms with Crippen LogP contribution in [0.1, 0.15) is 59.3 Å². The average molecular weight is 254 g/mol. The maximum Gasteiger partial charge on any atom is 0.0217 e. The lowest BCUT2D eigenvalue weighted by Gasteiger charge is -2.34. The van der Waals surface area contributed by atoms with E-state index in [2.05, 4.69) is 45.1 Å². The third-order valence-electron chi connectivity index (χ3n) is 4.52. The summed E-state index contributed by atoms with van der Waals surface area (Å²) in [6.07, 6.45) is 8.33. The van der Waals surface area contributed by atoms with E-state index in [1.165, 1.54) is 38.5 Å². The predicted molar refractivity (Wildman–Crippen MR) is 81.0 cm³/mol. The smallest absolute Gasteiger partial charge is 0.0217 e. The maximum atomic E-state index is 3.87. The second kappa shape index (κ2) is 8.16. The normalized spacial score (nSPS) is 26.8. The molecule has 0 aliphatic heterocycles. The van der Waals surface area contributed by atoms with Crippen LogP contribution in [0.2, 0.25) is 0 Å². The van der Waals surface area contributed by atoms with Gasteiger partial charge in [-0.3, -0.25) is 0 Å². The summed E-state index contributed by atoms with van der Waals surface area (Å²) < 4.78 is 0. The fraction of sp³-hybridized carbons (Fsp3) is 1.00. The van der Waals surface area contributed by atoms with E-state index in [0.717, 1.165) is 24.4 Å². The maximum absolute atomic E-state index is 3.87. The summed E-state index contributed by atoms with van der Waals surface area (Å²) in [7, 11) is 4.43. The molecule has 0 aromatic carbocycles. The molecule has 0 aromatic heterocycles. The first-order valence-electron chi connectivity index (χ1n) is 7.94. The highest BCUT2D eigenvalue weighted by Gasteiger charge is 2.24. The molecule has 0 spiro atoms. The SMILES string of the molecule is CCC1CCCCC1NCC(CC(C)C)N(C)C. The van der Waals surface area contributed by atoms with Gasteiger partial charge in [-0.2, -0.15) is 0 Å². The molecule has 0 amide bonds. The lowest BCUT2D eigenvalue weighted by atomic mass is 9.82. The van der Waals surface area contributed by atoms with Crippen molar-refractivity contribution < 1.29 is 0 Å². The van der Waals surface area contributed by atoms with Gasteiger partial charge in [0.2, 0.25) is 0 Å². The van der Waals surface area contributed by atoms with E-state index in [1.807, 2.05) is 0 Å². The van der Waals surface area contributed by atoms with Gasteiger partial charge < -0.3 is 10.2 Å². The van der Waals surface area contributed by atoms with Crippen LogP contribution < -0.4 is 5.32 Å². The van der Waals surface area contributed by atoms with Crippen LogP contribution in [0.3, 0.4) is 0 Å². The van der Waals surface area contributed by atoms with E-state index >= 15 is 0 Å². The summed E-state index contributed by atoms with van der Waals surface area (Å²) in [5.41, 5.74) is 0. The van der Waals surface area contributed by atoms with Crippen molar-refractivity contribution >= 4 is 0 Å². The Kier molecular flexibility index (Phi) is 7.25. The molecular formula is C16H34N2. The molecule has 2 heteroatoms. The van der Waals surface area contributed by atoms with Gasteiger partial charge in [-0.05, 0) is 45.2 Å². The van der Waals surface area contributed by atoms with Crippen LogP contribution in [-0.4, -0.2) is 37.6 Å². The topological polar surface area (TPSA) is 15.3 Å². The number of nitrogens with zero attached hydrogens (tertiary/aromatic N) is 1. The molecule has 0 bridgehead atoms. The van der Waals surface area contributed by atoms with Crippen molar-refractivity contribution in [2.45, 2.75) is 71.4 Å². The Morgan fingerprint density at radius 1 is 1.17 bits per heavy atom. The molecule has 1 aliphatic rings. The van der Waals surface area contributed by atoms with Crippen LogP contribution in [0.4, 0.5) is 0 Å². The van der Waals surface area contributed by atoms with Crippen molar-refractivity contribution in [2.24, 2.45) is 11.8 Å². The largest absolute Gasteiger partial charge is 0.312 e. The van der Waals surface area contributed by atoms with Gasteiger partial charge in [-0.15, -0.1) is 0 Å². The van der Waals surface area contributed by atoms with Crippen LogP contribution in [0, 0.1) is 11.8 Å². The minimum atomic E-state index is 0.685. The monoisotopic (exact) mass is 254 g/mol. The van der Waals surface area contributed by atoms with Gasteiger partial charge in [0.25, 0.3) is 0 Å². The summed E-state index contributed by atoms with van der Waals surface area (Å²) in [6.45, 7) is 8.16. The van der Waals surface area contributed by atoms with Crippen LogP contribution in [0.15, 0.2) is 0 Å². The van der Waals surface area contributed by atoms with Gasteiger partial charge in [0.15, 0.2) is 0 Å². The van der Waals surface area contributed by atoms with Gasteiger partial charge in [0, 0.05) is 18.6 Å². The highest BCUT2D eigenvalue weighted by Crippen LogP contribution is 2.26. The number of nitrogens with one attached hydrogen (secondary N) is 1. The molecule has 0 saturated heterocycles. The number of rotatable bonds is 7. The molecule has 1 N–H and O–H groups in total.